The molecule has 4 rings (SSSR count). The van der Waals surface area contributed by atoms with Crippen LogP contribution in [-0.2, 0) is 7.05 Å². The quantitative estimate of drug-likeness (QED) is 0.719. The van der Waals surface area contributed by atoms with Crippen molar-refractivity contribution in [2.24, 2.45) is 7.05 Å². The van der Waals surface area contributed by atoms with E-state index >= 15 is 0 Å². The number of anilines is 1. The largest absolute Gasteiger partial charge is 0.381 e. The summed E-state index contributed by atoms with van der Waals surface area (Å²) < 4.78 is 1.82. The van der Waals surface area contributed by atoms with Crippen LogP contribution in [0.3, 0.4) is 0 Å². The summed E-state index contributed by atoms with van der Waals surface area (Å²) in [6.07, 6.45) is 10.4. The summed E-state index contributed by atoms with van der Waals surface area (Å²) in [6.45, 7) is 10.1. The van der Waals surface area contributed by atoms with Gasteiger partial charge in [0, 0.05) is 48.2 Å². The molecule has 0 spiro atoms. The Labute approximate surface area is 144 Å². The minimum Gasteiger partial charge on any atom is -0.381 e. The molecule has 0 radical (unpaired) electrons. The van der Waals surface area contributed by atoms with Gasteiger partial charge in [-0.05, 0) is 25.3 Å². The van der Waals surface area contributed by atoms with Crippen LogP contribution < -0.4 is 5.32 Å². The molecule has 130 valence electrons. The summed E-state index contributed by atoms with van der Waals surface area (Å²) in [7, 11) is 1.94. The van der Waals surface area contributed by atoms with Gasteiger partial charge < -0.3 is 10.3 Å². The van der Waals surface area contributed by atoms with Gasteiger partial charge in [0.2, 0.25) is 0 Å². The van der Waals surface area contributed by atoms with Crippen molar-refractivity contribution in [1.82, 2.24) is 19.7 Å². The van der Waals surface area contributed by atoms with Gasteiger partial charge in [-0.1, -0.05) is 27.7 Å². The molecule has 0 unspecified atom stereocenters. The van der Waals surface area contributed by atoms with Crippen LogP contribution in [0.1, 0.15) is 46.1 Å². The first-order chi connectivity index (χ1) is 11.7. The van der Waals surface area contributed by atoms with Crippen molar-refractivity contribution in [3.05, 3.63) is 30.4 Å². The number of H-pyrrole nitrogens is 1. The first-order valence-corrected chi connectivity index (χ1v) is 8.94. The summed E-state index contributed by atoms with van der Waals surface area (Å²) in [5, 5.41) is 9.13. The molecule has 0 aliphatic heterocycles. The van der Waals surface area contributed by atoms with Crippen LogP contribution in [-0.4, -0.2) is 25.8 Å². The SMILES string of the molecule is CC.CC.Cc1c[nH]c2ncc(-c3cnn(C)c3)c(NC3CC3)c12. The highest BCUT2D eigenvalue weighted by atomic mass is 15.2. The Morgan fingerprint density at radius 1 is 1.17 bits per heavy atom. The average Bonchev–Trinajstić information content (AvgIpc) is 3.21. The molecule has 5 heteroatoms. The Kier molecular flexibility index (Phi) is 6.01. The first kappa shape index (κ1) is 18.0. The van der Waals surface area contributed by atoms with E-state index in [0.717, 1.165) is 16.8 Å². The van der Waals surface area contributed by atoms with Crippen LogP contribution in [0, 0.1) is 6.92 Å². The predicted octanol–water partition coefficient (Wildman–Crippen LogP) is 4.90. The number of hydrogen-bond acceptors (Lipinski definition) is 3. The summed E-state index contributed by atoms with van der Waals surface area (Å²) >= 11 is 0. The number of aromatic amines is 1. The topological polar surface area (TPSA) is 58.5 Å². The Bertz CT molecular complexity index is 780. The second-order valence-electron chi connectivity index (χ2n) is 5.56. The molecule has 1 fully saturated rings. The molecule has 3 aromatic heterocycles. The number of aryl methyl sites for hydroxylation is 2. The van der Waals surface area contributed by atoms with Crippen molar-refractivity contribution in [3.63, 3.8) is 0 Å². The number of pyridine rings is 1. The van der Waals surface area contributed by atoms with Crippen LogP contribution in [0.15, 0.2) is 24.8 Å². The molecule has 5 nitrogen and oxygen atoms in total. The molecular formula is C19H29N5. The summed E-state index contributed by atoms with van der Waals surface area (Å²) in [4.78, 5) is 7.78. The van der Waals surface area contributed by atoms with Gasteiger partial charge in [-0.15, -0.1) is 0 Å². The Balaban J connectivity index is 0.000000487. The van der Waals surface area contributed by atoms with Crippen molar-refractivity contribution in [2.75, 3.05) is 5.32 Å². The molecule has 0 aromatic carbocycles. The number of nitrogens with one attached hydrogen (secondary N) is 2. The number of aromatic nitrogens is 4. The third-order valence-corrected chi connectivity index (χ3v) is 3.84. The number of fused-ring (bicyclic) bond motifs is 1. The molecule has 3 heterocycles. The molecule has 0 bridgehead atoms. The zero-order valence-corrected chi connectivity index (χ0v) is 15.6. The molecule has 24 heavy (non-hydrogen) atoms. The van der Waals surface area contributed by atoms with Crippen molar-refractivity contribution < 1.29 is 0 Å². The van der Waals surface area contributed by atoms with Crippen LogP contribution in [0.4, 0.5) is 5.69 Å². The Morgan fingerprint density at radius 2 is 1.88 bits per heavy atom. The lowest BCUT2D eigenvalue weighted by atomic mass is 10.1. The van der Waals surface area contributed by atoms with E-state index in [9.17, 15) is 0 Å². The van der Waals surface area contributed by atoms with Gasteiger partial charge in [-0.2, -0.15) is 5.10 Å². The van der Waals surface area contributed by atoms with Gasteiger partial charge in [0.05, 0.1) is 11.9 Å². The van der Waals surface area contributed by atoms with Crippen molar-refractivity contribution in [3.8, 4) is 11.1 Å². The highest BCUT2D eigenvalue weighted by Crippen LogP contribution is 2.38. The summed E-state index contributed by atoms with van der Waals surface area (Å²) in [5.41, 5.74) is 5.58. The Morgan fingerprint density at radius 3 is 2.46 bits per heavy atom. The van der Waals surface area contributed by atoms with Crippen LogP contribution >= 0.6 is 0 Å². The van der Waals surface area contributed by atoms with Crippen LogP contribution in [0.5, 0.6) is 0 Å². The van der Waals surface area contributed by atoms with E-state index in [1.807, 2.05) is 64.2 Å². The monoisotopic (exact) mass is 327 g/mol. The van der Waals surface area contributed by atoms with Gasteiger partial charge in [0.15, 0.2) is 0 Å². The van der Waals surface area contributed by atoms with Crippen LogP contribution in [0.2, 0.25) is 0 Å². The number of hydrogen-bond donors (Lipinski definition) is 2. The van der Waals surface area contributed by atoms with Gasteiger partial charge in [-0.25, -0.2) is 4.98 Å². The second kappa shape index (κ2) is 7.99. The van der Waals surface area contributed by atoms with E-state index in [4.69, 9.17) is 0 Å². The zero-order valence-electron chi connectivity index (χ0n) is 15.6. The molecule has 2 N–H and O–H groups in total. The normalized spacial score (nSPS) is 12.9. The Hall–Kier alpha value is -2.30. The van der Waals surface area contributed by atoms with Gasteiger partial charge >= 0.3 is 0 Å². The average molecular weight is 327 g/mol. The van der Waals surface area contributed by atoms with Crippen LogP contribution in [0.25, 0.3) is 22.2 Å². The van der Waals surface area contributed by atoms with E-state index < -0.39 is 0 Å². The fourth-order valence-corrected chi connectivity index (χ4v) is 2.61. The fourth-order valence-electron chi connectivity index (χ4n) is 2.61. The standard InChI is InChI=1S/C15H17N5.2C2H6/c1-9-5-16-15-13(9)14(19-11-3-4-11)12(7-17-15)10-6-18-20(2)8-10;2*1-2/h5-8,11H,3-4H2,1-2H3,(H2,16,17,19);2*1-2H3. The van der Waals surface area contributed by atoms with Gasteiger partial charge in [0.25, 0.3) is 0 Å². The van der Waals surface area contributed by atoms with Crippen molar-refractivity contribution in [1.29, 1.82) is 0 Å². The molecule has 3 aromatic rings. The van der Waals surface area contributed by atoms with E-state index in [2.05, 4.69) is 27.3 Å². The lowest BCUT2D eigenvalue weighted by Gasteiger charge is -2.12. The number of rotatable bonds is 3. The summed E-state index contributed by atoms with van der Waals surface area (Å²) in [5.74, 6) is 0. The minimum atomic E-state index is 0.602. The molecule has 0 amide bonds. The predicted molar refractivity (Wildman–Crippen MR) is 102 cm³/mol. The van der Waals surface area contributed by atoms with E-state index in [1.165, 1.54) is 29.5 Å². The van der Waals surface area contributed by atoms with Gasteiger partial charge in [0.1, 0.15) is 5.65 Å². The second-order valence-corrected chi connectivity index (χ2v) is 5.56. The first-order valence-electron chi connectivity index (χ1n) is 8.94. The van der Waals surface area contributed by atoms with E-state index in [1.54, 1.807) is 0 Å². The maximum Gasteiger partial charge on any atom is 0.139 e. The molecule has 1 saturated carbocycles. The molecule has 1 aliphatic carbocycles. The lowest BCUT2D eigenvalue weighted by molar-refractivity contribution is 0.768. The molecule has 1 aliphatic rings. The van der Waals surface area contributed by atoms with Gasteiger partial charge in [-0.3, -0.25) is 4.68 Å². The van der Waals surface area contributed by atoms with Crippen molar-refractivity contribution >= 4 is 16.7 Å². The molecular weight excluding hydrogens is 298 g/mol. The van der Waals surface area contributed by atoms with E-state index in [-0.39, 0.29) is 0 Å². The zero-order chi connectivity index (χ0) is 17.7. The summed E-state index contributed by atoms with van der Waals surface area (Å²) in [6, 6.07) is 0.602. The third kappa shape index (κ3) is 3.61. The fraction of sp³-hybridized carbons (Fsp3) is 0.474. The van der Waals surface area contributed by atoms with E-state index in [0.29, 0.717) is 6.04 Å². The maximum absolute atomic E-state index is 4.54. The minimum absolute atomic E-state index is 0.602. The maximum atomic E-state index is 4.54. The van der Waals surface area contributed by atoms with Crippen molar-refractivity contribution in [2.45, 2.75) is 53.5 Å². The highest BCUT2D eigenvalue weighted by Gasteiger charge is 2.24. The molecule has 0 saturated heterocycles. The number of nitrogens with zero attached hydrogens (tertiary/aromatic N) is 3. The smallest absolute Gasteiger partial charge is 0.139 e. The third-order valence-electron chi connectivity index (χ3n) is 3.84. The lowest BCUT2D eigenvalue weighted by Crippen LogP contribution is -2.04. The molecule has 0 atom stereocenters. The highest BCUT2D eigenvalue weighted by molar-refractivity contribution is 6.00.